The molecule has 1 amide bonds. The minimum atomic E-state index is -1.27. The Morgan fingerprint density at radius 3 is 2.76 bits per heavy atom. The van der Waals surface area contributed by atoms with Crippen LogP contribution in [-0.2, 0) is 9.53 Å². The molecule has 2 N–H and O–H groups in total. The zero-order valence-corrected chi connectivity index (χ0v) is 11.1. The number of benzene rings is 1. The Hall–Kier alpha value is -2.48. The molecule has 0 radical (unpaired) electrons. The molecule has 0 saturated carbocycles. The Morgan fingerprint density at radius 2 is 2.19 bits per heavy atom. The lowest BCUT2D eigenvalue weighted by Crippen LogP contribution is -2.30. The van der Waals surface area contributed by atoms with Crippen LogP contribution in [0.1, 0.15) is 23.2 Å². The number of carboxylic acids is 1. The van der Waals surface area contributed by atoms with E-state index in [1.165, 1.54) is 12.1 Å². The maximum atomic E-state index is 12.0. The second kappa shape index (κ2) is 6.31. The number of nitrogens with zero attached hydrogens (tertiary/aromatic N) is 1. The zero-order valence-electron chi connectivity index (χ0n) is 11.1. The van der Waals surface area contributed by atoms with Crippen molar-refractivity contribution >= 4 is 23.3 Å². The second-order valence-corrected chi connectivity index (χ2v) is 4.70. The second-order valence-electron chi connectivity index (χ2n) is 4.70. The Morgan fingerprint density at radius 1 is 1.43 bits per heavy atom. The molecule has 1 heterocycles. The van der Waals surface area contributed by atoms with Crippen LogP contribution in [0.15, 0.2) is 18.2 Å². The number of rotatable bonds is 4. The van der Waals surface area contributed by atoms with Gasteiger partial charge in [-0.2, -0.15) is 0 Å². The van der Waals surface area contributed by atoms with E-state index < -0.39 is 16.6 Å². The number of carboxylic acid groups (broad SMARTS) is 1. The first kappa shape index (κ1) is 14.9. The van der Waals surface area contributed by atoms with E-state index in [0.717, 1.165) is 12.5 Å². The summed E-state index contributed by atoms with van der Waals surface area (Å²) < 4.78 is 5.20. The molecule has 1 aliphatic rings. The first-order chi connectivity index (χ1) is 9.99. The molecule has 0 aromatic heterocycles. The van der Waals surface area contributed by atoms with Gasteiger partial charge >= 0.3 is 5.97 Å². The molecule has 1 fully saturated rings. The van der Waals surface area contributed by atoms with E-state index in [1.807, 2.05) is 0 Å². The van der Waals surface area contributed by atoms with Crippen molar-refractivity contribution in [3.05, 3.63) is 33.9 Å². The number of amides is 1. The third-order valence-electron chi connectivity index (χ3n) is 3.23. The molecular weight excluding hydrogens is 280 g/mol. The fourth-order valence-electron chi connectivity index (χ4n) is 2.10. The lowest BCUT2D eigenvalue weighted by Gasteiger charge is -2.21. The van der Waals surface area contributed by atoms with E-state index in [0.29, 0.717) is 13.0 Å². The van der Waals surface area contributed by atoms with Crippen LogP contribution in [0.3, 0.4) is 0 Å². The normalized spacial score (nSPS) is 18.0. The molecule has 8 nitrogen and oxygen atoms in total. The van der Waals surface area contributed by atoms with Crippen LogP contribution in [0.5, 0.6) is 0 Å². The van der Waals surface area contributed by atoms with E-state index in [2.05, 4.69) is 5.32 Å². The van der Waals surface area contributed by atoms with Crippen molar-refractivity contribution in [2.45, 2.75) is 12.8 Å². The van der Waals surface area contributed by atoms with Crippen molar-refractivity contribution in [2.24, 2.45) is 5.92 Å². The molecule has 1 unspecified atom stereocenters. The van der Waals surface area contributed by atoms with Crippen LogP contribution in [0.2, 0.25) is 0 Å². The van der Waals surface area contributed by atoms with E-state index in [1.54, 1.807) is 0 Å². The fraction of sp³-hybridized carbons (Fsp3) is 0.385. The molecule has 0 bridgehead atoms. The Bertz CT molecular complexity index is 580. The van der Waals surface area contributed by atoms with Crippen molar-refractivity contribution in [3.8, 4) is 0 Å². The fourth-order valence-corrected chi connectivity index (χ4v) is 2.10. The summed E-state index contributed by atoms with van der Waals surface area (Å²) in [7, 11) is 0. The van der Waals surface area contributed by atoms with Crippen LogP contribution >= 0.6 is 0 Å². The van der Waals surface area contributed by atoms with Crippen LogP contribution < -0.4 is 5.32 Å². The third-order valence-corrected chi connectivity index (χ3v) is 3.23. The summed E-state index contributed by atoms with van der Waals surface area (Å²) in [5, 5.41) is 22.3. The quantitative estimate of drug-likeness (QED) is 0.643. The number of nitro groups is 1. The number of anilines is 1. The Kier molecular flexibility index (Phi) is 4.49. The number of ether oxygens (including phenoxy) is 1. The lowest BCUT2D eigenvalue weighted by molar-refractivity contribution is -0.384. The van der Waals surface area contributed by atoms with Gasteiger partial charge < -0.3 is 15.2 Å². The molecule has 112 valence electrons. The van der Waals surface area contributed by atoms with Gasteiger partial charge in [0.15, 0.2) is 0 Å². The molecule has 1 atom stereocenters. The first-order valence-electron chi connectivity index (χ1n) is 6.39. The topological polar surface area (TPSA) is 119 Å². The van der Waals surface area contributed by atoms with Gasteiger partial charge in [-0.1, -0.05) is 0 Å². The predicted molar refractivity (Wildman–Crippen MR) is 72.2 cm³/mol. The van der Waals surface area contributed by atoms with Crippen molar-refractivity contribution in [3.63, 3.8) is 0 Å². The zero-order chi connectivity index (χ0) is 15.4. The molecule has 1 aliphatic heterocycles. The number of carbonyl (C=O) groups is 2. The number of aromatic carboxylic acids is 1. The van der Waals surface area contributed by atoms with Gasteiger partial charge in [-0.3, -0.25) is 14.9 Å². The number of carbonyl (C=O) groups excluding carboxylic acids is 1. The van der Waals surface area contributed by atoms with Gasteiger partial charge in [0.05, 0.1) is 23.0 Å². The highest BCUT2D eigenvalue weighted by molar-refractivity contribution is 5.96. The molecule has 1 aromatic carbocycles. The maximum Gasteiger partial charge on any atom is 0.335 e. The van der Waals surface area contributed by atoms with Crippen LogP contribution in [0.4, 0.5) is 11.4 Å². The molecule has 2 rings (SSSR count). The van der Waals surface area contributed by atoms with Gasteiger partial charge in [-0.15, -0.1) is 0 Å². The summed E-state index contributed by atoms with van der Waals surface area (Å²) in [5.41, 5.74) is -0.666. The minimum absolute atomic E-state index is 0.0134. The monoisotopic (exact) mass is 294 g/mol. The van der Waals surface area contributed by atoms with E-state index in [9.17, 15) is 19.7 Å². The summed E-state index contributed by atoms with van der Waals surface area (Å²) in [6.45, 7) is 0.893. The summed E-state index contributed by atoms with van der Waals surface area (Å²) in [5.74, 6) is -1.98. The number of hydrogen-bond acceptors (Lipinski definition) is 5. The molecule has 0 spiro atoms. The average Bonchev–Trinajstić information content (AvgIpc) is 2.48. The molecular formula is C13H14N2O6. The van der Waals surface area contributed by atoms with Gasteiger partial charge in [-0.25, -0.2) is 4.79 Å². The Balaban J connectivity index is 2.20. The summed E-state index contributed by atoms with van der Waals surface area (Å²) in [6.07, 6.45) is 1.42. The van der Waals surface area contributed by atoms with Gasteiger partial charge in [0.1, 0.15) is 5.69 Å². The van der Waals surface area contributed by atoms with Gasteiger partial charge in [0.2, 0.25) is 5.91 Å². The number of hydrogen-bond donors (Lipinski definition) is 2. The number of nitrogens with one attached hydrogen (secondary N) is 1. The van der Waals surface area contributed by atoms with E-state index >= 15 is 0 Å². The van der Waals surface area contributed by atoms with Crippen molar-refractivity contribution < 1.29 is 24.4 Å². The Labute approximate surface area is 119 Å². The van der Waals surface area contributed by atoms with E-state index in [-0.39, 0.29) is 29.7 Å². The molecule has 1 saturated heterocycles. The molecule has 1 aromatic rings. The first-order valence-corrected chi connectivity index (χ1v) is 6.39. The average molecular weight is 294 g/mol. The highest BCUT2D eigenvalue weighted by atomic mass is 16.6. The highest BCUT2D eigenvalue weighted by Gasteiger charge is 2.25. The highest BCUT2D eigenvalue weighted by Crippen LogP contribution is 2.27. The molecule has 8 heteroatoms. The third kappa shape index (κ3) is 3.54. The minimum Gasteiger partial charge on any atom is -0.478 e. The SMILES string of the molecule is O=C(O)c1ccc(NC(=O)C2CCCOC2)c([N+](=O)[O-])c1. The van der Waals surface area contributed by atoms with Gasteiger partial charge in [0, 0.05) is 12.7 Å². The summed E-state index contributed by atoms with van der Waals surface area (Å²) >= 11 is 0. The van der Waals surface area contributed by atoms with Crippen LogP contribution in [0, 0.1) is 16.0 Å². The standard InChI is InChI=1S/C13H14N2O6/c16-12(9-2-1-5-21-7-9)14-10-4-3-8(13(17)18)6-11(10)15(19)20/h3-4,6,9H,1-2,5,7H2,(H,14,16)(H,17,18). The van der Waals surface area contributed by atoms with Gasteiger partial charge in [0.25, 0.3) is 5.69 Å². The smallest absolute Gasteiger partial charge is 0.335 e. The van der Waals surface area contributed by atoms with Crippen LogP contribution in [-0.4, -0.2) is 35.1 Å². The van der Waals surface area contributed by atoms with Crippen LogP contribution in [0.25, 0.3) is 0 Å². The summed E-state index contributed by atoms with van der Waals surface area (Å²) in [4.78, 5) is 33.1. The number of nitro benzene ring substituents is 1. The largest absolute Gasteiger partial charge is 0.478 e. The van der Waals surface area contributed by atoms with Crippen molar-refractivity contribution in [2.75, 3.05) is 18.5 Å². The van der Waals surface area contributed by atoms with Crippen molar-refractivity contribution in [1.82, 2.24) is 0 Å². The van der Waals surface area contributed by atoms with Gasteiger partial charge in [-0.05, 0) is 25.0 Å². The van der Waals surface area contributed by atoms with E-state index in [4.69, 9.17) is 9.84 Å². The maximum absolute atomic E-state index is 12.0. The predicted octanol–water partition coefficient (Wildman–Crippen LogP) is 1.66. The molecule has 0 aliphatic carbocycles. The molecule has 21 heavy (non-hydrogen) atoms. The van der Waals surface area contributed by atoms with Crippen molar-refractivity contribution in [1.29, 1.82) is 0 Å². The summed E-state index contributed by atoms with van der Waals surface area (Å²) in [6, 6.07) is 3.36. The lowest BCUT2D eigenvalue weighted by atomic mass is 10.0.